The van der Waals surface area contributed by atoms with Crippen LogP contribution >= 0.6 is 0 Å². The van der Waals surface area contributed by atoms with Gasteiger partial charge in [0.15, 0.2) is 0 Å². The molecule has 2 aliphatic rings. The van der Waals surface area contributed by atoms with E-state index in [0.717, 1.165) is 6.42 Å². The smallest absolute Gasteiger partial charge is 1.00 e. The molecule has 0 aliphatic heterocycles. The van der Waals surface area contributed by atoms with Gasteiger partial charge in [-0.2, -0.15) is 46.5 Å². The third-order valence-electron chi connectivity index (χ3n) is 7.56. The number of halogens is 2. The normalized spacial score (nSPS) is 15.0. The predicted molar refractivity (Wildman–Crippen MR) is 130 cm³/mol. The molecule has 3 heteroatoms. The van der Waals surface area contributed by atoms with E-state index in [1.165, 1.54) is 82.2 Å². The van der Waals surface area contributed by atoms with Gasteiger partial charge in [0.2, 0.25) is 0 Å². The van der Waals surface area contributed by atoms with Crippen LogP contribution < -0.4 is 24.8 Å². The van der Waals surface area contributed by atoms with Gasteiger partial charge in [0.1, 0.15) is 0 Å². The Hall–Kier alpha value is -0.747. The summed E-state index contributed by atoms with van der Waals surface area (Å²) >= 11 is 0. The quantitative estimate of drug-likeness (QED) is 0.315. The predicted octanol–water partition coefficient (Wildman–Crippen LogP) is 2.23. The fourth-order valence-corrected chi connectivity index (χ4v) is 5.21. The molecule has 0 unspecified atom stereocenters. The molecule has 0 spiro atoms. The molecule has 33 heavy (non-hydrogen) atoms. The number of fused-ring (bicyclic) bond motifs is 3. The molecule has 0 bridgehead atoms. The van der Waals surface area contributed by atoms with Crippen molar-refractivity contribution in [2.24, 2.45) is 0 Å². The van der Waals surface area contributed by atoms with Crippen LogP contribution in [0.2, 0.25) is 0 Å². The molecule has 1 fully saturated rings. The van der Waals surface area contributed by atoms with E-state index in [4.69, 9.17) is 0 Å². The van der Waals surface area contributed by atoms with Gasteiger partial charge in [0.25, 0.3) is 0 Å². The minimum absolute atomic E-state index is 0. The largest absolute Gasteiger partial charge is 4.00 e. The summed E-state index contributed by atoms with van der Waals surface area (Å²) < 4.78 is 0. The first-order valence-electron chi connectivity index (χ1n) is 11.6. The molecule has 0 nitrogen and oxygen atoms in total. The number of benzene rings is 2. The summed E-state index contributed by atoms with van der Waals surface area (Å²) in [4.78, 5) is 0. The van der Waals surface area contributed by atoms with E-state index in [2.05, 4.69) is 84.0 Å². The summed E-state index contributed by atoms with van der Waals surface area (Å²) in [6.45, 7) is 13.3. The average molecular weight is 559 g/mol. The molecule has 2 aliphatic carbocycles. The monoisotopic (exact) mass is 556 g/mol. The van der Waals surface area contributed by atoms with Crippen LogP contribution in [0.3, 0.4) is 0 Å². The van der Waals surface area contributed by atoms with Gasteiger partial charge >= 0.3 is 26.2 Å². The Morgan fingerprint density at radius 2 is 1.39 bits per heavy atom. The van der Waals surface area contributed by atoms with Crippen LogP contribution in [0.25, 0.3) is 11.1 Å². The van der Waals surface area contributed by atoms with Crippen molar-refractivity contribution in [2.75, 3.05) is 0 Å². The van der Waals surface area contributed by atoms with Gasteiger partial charge in [0.05, 0.1) is 0 Å². The summed E-state index contributed by atoms with van der Waals surface area (Å²) in [6.07, 6.45) is 8.09. The van der Waals surface area contributed by atoms with Crippen LogP contribution in [-0.2, 0) is 38.0 Å². The first kappa shape index (κ1) is 30.3. The van der Waals surface area contributed by atoms with Gasteiger partial charge in [-0.1, -0.05) is 82.9 Å². The van der Waals surface area contributed by atoms with E-state index in [1.807, 2.05) is 0 Å². The molecule has 0 amide bonds. The molecule has 3 aromatic rings. The molecule has 5 rings (SSSR count). The van der Waals surface area contributed by atoms with Crippen LogP contribution in [0.4, 0.5) is 0 Å². The summed E-state index contributed by atoms with van der Waals surface area (Å²) in [7, 11) is 0. The SMILES string of the molecule is Cc1[c-]c2c(cc1C)-c1cc(C)c(C)cc1C2.Cc1cc(C2(C)CCCCC2)c[cH-]1.[Cl-].[Cl-].[Zr+4]. The van der Waals surface area contributed by atoms with Crippen LogP contribution in [-0.4, -0.2) is 0 Å². The van der Waals surface area contributed by atoms with Crippen molar-refractivity contribution >= 4 is 0 Å². The summed E-state index contributed by atoms with van der Waals surface area (Å²) in [5.41, 5.74) is 14.5. The fourth-order valence-electron chi connectivity index (χ4n) is 5.21. The second-order valence-corrected chi connectivity index (χ2v) is 10.0. The van der Waals surface area contributed by atoms with E-state index < -0.39 is 0 Å². The second-order valence-electron chi connectivity index (χ2n) is 10.0. The number of aryl methyl sites for hydroxylation is 5. The van der Waals surface area contributed by atoms with Crippen molar-refractivity contribution in [2.45, 2.75) is 85.5 Å². The molecule has 0 saturated heterocycles. The Bertz CT molecular complexity index is 1020. The molecule has 0 radical (unpaired) electrons. The number of rotatable bonds is 1. The zero-order valence-electron chi connectivity index (χ0n) is 21.0. The second kappa shape index (κ2) is 12.3. The van der Waals surface area contributed by atoms with E-state index in [1.54, 1.807) is 5.56 Å². The van der Waals surface area contributed by atoms with Gasteiger partial charge in [-0.25, -0.2) is 6.07 Å². The minimum atomic E-state index is 0. The molecule has 0 atom stereocenters. The summed E-state index contributed by atoms with van der Waals surface area (Å²) in [6, 6.07) is 17.5. The van der Waals surface area contributed by atoms with E-state index in [-0.39, 0.29) is 51.0 Å². The first-order valence-corrected chi connectivity index (χ1v) is 11.6. The van der Waals surface area contributed by atoms with Gasteiger partial charge in [-0.3, -0.25) is 0 Å². The maximum absolute atomic E-state index is 3.54. The molecule has 3 aromatic carbocycles. The third-order valence-corrected chi connectivity index (χ3v) is 7.56. The maximum atomic E-state index is 3.54. The van der Waals surface area contributed by atoms with Crippen molar-refractivity contribution in [3.8, 4) is 11.1 Å². The van der Waals surface area contributed by atoms with Gasteiger partial charge in [0, 0.05) is 0 Å². The number of hydrogen-bond donors (Lipinski definition) is 0. The van der Waals surface area contributed by atoms with Crippen LogP contribution in [0.1, 0.15) is 83.5 Å². The van der Waals surface area contributed by atoms with E-state index in [0.29, 0.717) is 5.41 Å². The summed E-state index contributed by atoms with van der Waals surface area (Å²) in [5, 5.41) is 0. The first-order chi connectivity index (χ1) is 14.3. The molecule has 0 N–H and O–H groups in total. The Morgan fingerprint density at radius 3 is 2.00 bits per heavy atom. The van der Waals surface area contributed by atoms with Crippen LogP contribution in [0.15, 0.2) is 36.4 Å². The molecule has 0 heterocycles. The van der Waals surface area contributed by atoms with Crippen molar-refractivity contribution in [3.63, 3.8) is 0 Å². The van der Waals surface area contributed by atoms with Crippen molar-refractivity contribution in [1.29, 1.82) is 0 Å². The average Bonchev–Trinajstić information content (AvgIpc) is 3.28. The van der Waals surface area contributed by atoms with Gasteiger partial charge in [-0.15, -0.1) is 11.1 Å². The Balaban J connectivity index is 0.000000311. The Labute approximate surface area is 233 Å². The van der Waals surface area contributed by atoms with E-state index >= 15 is 0 Å². The summed E-state index contributed by atoms with van der Waals surface area (Å²) in [5.74, 6) is 0. The Morgan fingerprint density at radius 1 is 0.788 bits per heavy atom. The zero-order valence-corrected chi connectivity index (χ0v) is 24.9. The molecular formula is C30H36Cl2Zr. The molecule has 174 valence electrons. The van der Waals surface area contributed by atoms with Crippen molar-refractivity contribution in [3.05, 3.63) is 87.0 Å². The zero-order chi connectivity index (χ0) is 21.5. The van der Waals surface area contributed by atoms with Gasteiger partial charge in [-0.05, 0) is 37.0 Å². The maximum Gasteiger partial charge on any atom is 4.00 e. The van der Waals surface area contributed by atoms with Crippen molar-refractivity contribution < 1.29 is 51.0 Å². The van der Waals surface area contributed by atoms with Gasteiger partial charge < -0.3 is 24.8 Å². The standard InChI is InChI=1S/C17H17.C13H19.2ClH.Zr/c1-10-5-14-9-15-6-11(2)13(4)8-17(15)16(14)7-12(10)3;1-11-6-7-12(10-11)13(2)8-4-3-5-9-13;;;/h5,7-8H,9H2,1-4H3;6-7,10H,3-5,8-9H2,1-2H3;2*1H;/q2*-1;;;+4/p-2. The Kier molecular flexibility index (Phi) is 11.3. The molecule has 1 saturated carbocycles. The minimum Gasteiger partial charge on any atom is -1.00 e. The van der Waals surface area contributed by atoms with Crippen LogP contribution in [0, 0.1) is 40.7 Å². The molecule has 0 aromatic heterocycles. The fraction of sp³-hybridized carbons (Fsp3) is 0.433. The van der Waals surface area contributed by atoms with Crippen LogP contribution in [0.5, 0.6) is 0 Å². The molecular weight excluding hydrogens is 522 g/mol. The number of hydrogen-bond acceptors (Lipinski definition) is 0. The third kappa shape index (κ3) is 6.48. The van der Waals surface area contributed by atoms with E-state index in [9.17, 15) is 0 Å². The van der Waals surface area contributed by atoms with Crippen molar-refractivity contribution in [1.82, 2.24) is 0 Å². The topological polar surface area (TPSA) is 0 Å².